The van der Waals surface area contributed by atoms with Gasteiger partial charge in [-0.2, -0.15) is 10.2 Å². The number of ketones is 2. The number of carbonyl (C=O) groups excluding carboxylic acids is 2. The molecule has 0 N–H and O–H groups in total. The van der Waals surface area contributed by atoms with Crippen molar-refractivity contribution in [2.24, 2.45) is 42.1 Å². The molecule has 0 aromatic heterocycles. The van der Waals surface area contributed by atoms with Crippen molar-refractivity contribution < 1.29 is 9.59 Å². The minimum absolute atomic E-state index is 0.0434. The number of rotatable bonds is 5. The van der Waals surface area contributed by atoms with E-state index in [0.29, 0.717) is 44.8 Å². The summed E-state index contributed by atoms with van der Waals surface area (Å²) in [4.78, 5) is 26.5. The number of azo groups is 2. The fourth-order valence-electron chi connectivity index (χ4n) is 5.64. The summed E-state index contributed by atoms with van der Waals surface area (Å²) in [7, 11) is 0. The second-order valence-corrected chi connectivity index (χ2v) is 18.8. The molecule has 0 saturated heterocycles. The van der Waals surface area contributed by atoms with Crippen molar-refractivity contribution in [3.63, 3.8) is 0 Å². The lowest BCUT2D eigenvalue weighted by Gasteiger charge is -2.31. The van der Waals surface area contributed by atoms with E-state index in [1.54, 1.807) is 36.7 Å². The highest BCUT2D eigenvalue weighted by atomic mass is 35.5. The van der Waals surface area contributed by atoms with Crippen molar-refractivity contribution >= 4 is 69.3 Å². The minimum Gasteiger partial charge on any atom is -0.289 e. The Labute approximate surface area is 328 Å². The first-order chi connectivity index (χ1) is 23.8. The molecule has 0 radical (unpaired) electrons. The zero-order valence-electron chi connectivity index (χ0n) is 31.9. The maximum Gasteiger partial charge on any atom is 0.186 e. The van der Waals surface area contributed by atoms with Crippen molar-refractivity contribution in [1.82, 2.24) is 0 Å². The maximum atomic E-state index is 13.3. The van der Waals surface area contributed by atoms with Crippen molar-refractivity contribution in [3.8, 4) is 11.1 Å². The Morgan fingerprint density at radius 3 is 0.885 bits per heavy atom. The quantitative estimate of drug-likeness (QED) is 0.283. The Morgan fingerprint density at radius 1 is 0.442 bits per heavy atom. The van der Waals surface area contributed by atoms with Crippen molar-refractivity contribution in [2.75, 3.05) is 0 Å². The number of hydrogen-bond donors (Lipinski definition) is 0. The SMILES string of the molecule is CC(C)(C)C1=CC(=CN=Nc2c(Cl)cc(-c3cc(Cl)c(N=NC=C4C=C(C(C)(C)C)C(=O)C(C(C)(C)C)=C4)c(Cl)c3)cc2Cl)C=C(C(C)(C)C)C1=O. The molecule has 0 heterocycles. The van der Waals surface area contributed by atoms with Gasteiger partial charge < -0.3 is 0 Å². The second kappa shape index (κ2) is 15.1. The molecule has 10 heteroatoms. The van der Waals surface area contributed by atoms with Gasteiger partial charge in [0.1, 0.15) is 11.4 Å². The van der Waals surface area contributed by atoms with Gasteiger partial charge in [0.25, 0.3) is 0 Å². The van der Waals surface area contributed by atoms with Crippen LogP contribution in [0.5, 0.6) is 0 Å². The zero-order chi connectivity index (χ0) is 39.1. The highest BCUT2D eigenvalue weighted by Crippen LogP contribution is 2.44. The third kappa shape index (κ3) is 9.57. The van der Waals surface area contributed by atoms with Gasteiger partial charge in [0.2, 0.25) is 0 Å². The summed E-state index contributed by atoms with van der Waals surface area (Å²) in [5.41, 5.74) is 4.90. The van der Waals surface area contributed by atoms with E-state index >= 15 is 0 Å². The van der Waals surface area contributed by atoms with Crippen LogP contribution in [0.3, 0.4) is 0 Å². The Balaban J connectivity index is 1.63. The van der Waals surface area contributed by atoms with Gasteiger partial charge in [-0.05, 0) is 92.5 Å². The predicted octanol–water partition coefficient (Wildman–Crippen LogP) is 15.0. The first kappa shape index (κ1) is 41.3. The Hall–Kier alpha value is -3.42. The summed E-state index contributed by atoms with van der Waals surface area (Å²) in [6, 6.07) is 6.83. The molecular formula is C42H46Cl4N4O2. The molecule has 2 aliphatic rings. The molecule has 2 aromatic carbocycles. The average Bonchev–Trinajstić information content (AvgIpc) is 2.98. The van der Waals surface area contributed by atoms with E-state index in [9.17, 15) is 9.59 Å². The number of hydrogen-bond acceptors (Lipinski definition) is 6. The van der Waals surface area contributed by atoms with Gasteiger partial charge in [0.05, 0.1) is 32.5 Å². The smallest absolute Gasteiger partial charge is 0.186 e. The predicted molar refractivity (Wildman–Crippen MR) is 217 cm³/mol. The molecule has 0 atom stereocenters. The number of benzene rings is 2. The van der Waals surface area contributed by atoms with Crippen LogP contribution in [0.15, 0.2) is 115 Å². The number of halogens is 4. The lowest BCUT2D eigenvalue weighted by Crippen LogP contribution is -2.27. The maximum absolute atomic E-state index is 13.3. The fourth-order valence-corrected chi connectivity index (χ4v) is 6.77. The molecule has 0 bridgehead atoms. The largest absolute Gasteiger partial charge is 0.289 e. The van der Waals surface area contributed by atoms with Crippen LogP contribution in [-0.4, -0.2) is 11.6 Å². The van der Waals surface area contributed by atoms with Crippen LogP contribution in [0, 0.1) is 21.7 Å². The first-order valence-electron chi connectivity index (χ1n) is 17.0. The molecule has 274 valence electrons. The van der Waals surface area contributed by atoms with E-state index in [4.69, 9.17) is 46.4 Å². The highest BCUT2D eigenvalue weighted by Gasteiger charge is 2.35. The fraction of sp³-hybridized carbons (Fsp3) is 0.381. The molecule has 6 nitrogen and oxygen atoms in total. The first-order valence-corrected chi connectivity index (χ1v) is 18.5. The lowest BCUT2D eigenvalue weighted by molar-refractivity contribution is -0.114. The standard InChI is InChI=1S/C42H46Cl4N4O2/c1-39(2,3)27-13-23(14-28(37(27)51)40(4,5)6)21-47-49-35-31(43)17-25(18-32(35)44)26-19-33(45)36(34(46)20-26)50-48-22-24-15-29(41(7,8)9)38(52)30(16-24)42(10,11)12/h13-22H,1-12H3. The second-order valence-electron chi connectivity index (χ2n) is 17.2. The highest BCUT2D eigenvalue weighted by molar-refractivity contribution is 6.40. The van der Waals surface area contributed by atoms with E-state index in [0.717, 1.165) is 11.1 Å². The zero-order valence-corrected chi connectivity index (χ0v) is 34.9. The van der Waals surface area contributed by atoms with Gasteiger partial charge in [-0.1, -0.05) is 129 Å². The van der Waals surface area contributed by atoms with Gasteiger partial charge in [0, 0.05) is 22.3 Å². The van der Waals surface area contributed by atoms with E-state index in [1.165, 1.54) is 0 Å². The van der Waals surface area contributed by atoms with Crippen molar-refractivity contribution in [3.05, 3.63) is 114 Å². The van der Waals surface area contributed by atoms with Crippen LogP contribution >= 0.6 is 46.4 Å². The average molecular weight is 781 g/mol. The Kier molecular flexibility index (Phi) is 12.0. The summed E-state index contributed by atoms with van der Waals surface area (Å²) in [5.74, 6) is 0.0868. The normalized spacial score (nSPS) is 16.4. The molecule has 0 saturated carbocycles. The Bertz CT molecular complexity index is 1810. The monoisotopic (exact) mass is 778 g/mol. The Morgan fingerprint density at radius 2 is 0.673 bits per heavy atom. The molecule has 0 amide bonds. The minimum atomic E-state index is -0.343. The van der Waals surface area contributed by atoms with Crippen LogP contribution in [0.2, 0.25) is 20.1 Å². The molecule has 2 aromatic rings. The van der Waals surface area contributed by atoms with E-state index in [1.807, 2.05) is 107 Å². The number of Topliss-reactive ketones (excluding diaryl/α,β-unsaturated/α-hetero) is 2. The van der Waals surface area contributed by atoms with Crippen LogP contribution in [0.1, 0.15) is 83.1 Å². The van der Waals surface area contributed by atoms with E-state index < -0.39 is 0 Å². The summed E-state index contributed by atoms with van der Waals surface area (Å²) in [6.45, 7) is 24.2. The summed E-state index contributed by atoms with van der Waals surface area (Å²) in [6.07, 6.45) is 10.6. The van der Waals surface area contributed by atoms with E-state index in [-0.39, 0.29) is 53.3 Å². The molecule has 0 aliphatic heterocycles. The summed E-state index contributed by atoms with van der Waals surface area (Å²) in [5, 5.41) is 18.3. The number of carbonyl (C=O) groups is 2. The molecule has 0 unspecified atom stereocenters. The number of allylic oxidation sites excluding steroid dienone is 10. The van der Waals surface area contributed by atoms with Crippen LogP contribution in [0.25, 0.3) is 11.1 Å². The summed E-state index contributed by atoms with van der Waals surface area (Å²) < 4.78 is 0. The van der Waals surface area contributed by atoms with Crippen molar-refractivity contribution in [1.29, 1.82) is 0 Å². The third-order valence-corrected chi connectivity index (χ3v) is 9.70. The van der Waals surface area contributed by atoms with Crippen molar-refractivity contribution in [2.45, 2.75) is 83.1 Å². The van der Waals surface area contributed by atoms with Crippen LogP contribution in [-0.2, 0) is 9.59 Å². The molecule has 0 fully saturated rings. The topological polar surface area (TPSA) is 83.6 Å². The van der Waals surface area contributed by atoms with Gasteiger partial charge in [-0.25, -0.2) is 0 Å². The van der Waals surface area contributed by atoms with Gasteiger partial charge >= 0.3 is 0 Å². The molecule has 2 aliphatic carbocycles. The lowest BCUT2D eigenvalue weighted by atomic mass is 9.72. The molecular weight excluding hydrogens is 734 g/mol. The van der Waals surface area contributed by atoms with Crippen LogP contribution < -0.4 is 0 Å². The van der Waals surface area contributed by atoms with Gasteiger partial charge in [0.15, 0.2) is 11.6 Å². The molecule has 4 rings (SSSR count). The molecule has 52 heavy (non-hydrogen) atoms. The van der Waals surface area contributed by atoms with Crippen LogP contribution in [0.4, 0.5) is 11.4 Å². The van der Waals surface area contributed by atoms with Gasteiger partial charge in [-0.3, -0.25) is 9.59 Å². The number of nitrogens with zero attached hydrogens (tertiary/aromatic N) is 4. The molecule has 0 spiro atoms. The third-order valence-electron chi connectivity index (χ3n) is 8.55. The van der Waals surface area contributed by atoms with Gasteiger partial charge in [-0.15, -0.1) is 10.2 Å². The summed E-state index contributed by atoms with van der Waals surface area (Å²) >= 11 is 26.7. The van der Waals surface area contributed by atoms with E-state index in [2.05, 4.69) is 20.5 Å².